The van der Waals surface area contributed by atoms with Gasteiger partial charge in [-0.3, -0.25) is 4.79 Å². The van der Waals surface area contributed by atoms with E-state index in [4.69, 9.17) is 9.47 Å². The van der Waals surface area contributed by atoms with Crippen LogP contribution in [0.5, 0.6) is 11.5 Å². The number of aryl methyl sites for hydroxylation is 4. The maximum Gasteiger partial charge on any atom is 0.343 e. The lowest BCUT2D eigenvalue weighted by atomic mass is 9.79. The monoisotopic (exact) mass is 598 g/mol. The second kappa shape index (κ2) is 15.1. The molecule has 3 aromatic carbocycles. The average molecular weight is 599 g/mol. The quantitative estimate of drug-likeness (QED) is 0.0756. The molecule has 0 fully saturated rings. The zero-order valence-electron chi connectivity index (χ0n) is 28.9. The Labute approximate surface area is 266 Å². The van der Waals surface area contributed by atoms with Crippen molar-refractivity contribution in [2.45, 2.75) is 126 Å². The lowest BCUT2D eigenvalue weighted by Crippen LogP contribution is -2.31. The zero-order chi connectivity index (χ0) is 32.7. The molecule has 3 aromatic rings. The van der Waals surface area contributed by atoms with Gasteiger partial charge in [0.2, 0.25) is 0 Å². The highest BCUT2D eigenvalue weighted by molar-refractivity contribution is 6.02. The molecule has 0 N–H and O–H groups in total. The van der Waals surface area contributed by atoms with Gasteiger partial charge in [0.25, 0.3) is 0 Å². The highest BCUT2D eigenvalue weighted by Gasteiger charge is 2.29. The van der Waals surface area contributed by atoms with E-state index in [-0.39, 0.29) is 11.4 Å². The summed E-state index contributed by atoms with van der Waals surface area (Å²) in [6.07, 6.45) is 7.93. The SMILES string of the molecule is CCCCCC(C)(C)C(=O)c1cccc(C(=O)Oc2c(C)cc(Cc3cc(C)c(OC(C)(CC)CCC)c(C)c3)cc2C)c1. The van der Waals surface area contributed by atoms with E-state index in [0.717, 1.165) is 84.9 Å². The first-order valence-corrected chi connectivity index (χ1v) is 16.5. The number of carbonyl (C=O) groups is 2. The summed E-state index contributed by atoms with van der Waals surface area (Å²) < 4.78 is 12.5. The molecule has 1 atom stereocenters. The van der Waals surface area contributed by atoms with Crippen LogP contribution in [0.3, 0.4) is 0 Å². The molecule has 0 amide bonds. The van der Waals surface area contributed by atoms with Crippen LogP contribution in [0.25, 0.3) is 0 Å². The van der Waals surface area contributed by atoms with Crippen LogP contribution in [0, 0.1) is 33.1 Å². The third-order valence-corrected chi connectivity index (χ3v) is 8.90. The predicted molar refractivity (Wildman–Crippen MR) is 183 cm³/mol. The van der Waals surface area contributed by atoms with Crippen molar-refractivity contribution in [2.24, 2.45) is 5.41 Å². The number of ketones is 1. The fourth-order valence-electron chi connectivity index (χ4n) is 6.18. The van der Waals surface area contributed by atoms with E-state index in [1.807, 2.05) is 27.7 Å². The Balaban J connectivity index is 1.76. The minimum absolute atomic E-state index is 0.0605. The van der Waals surface area contributed by atoms with Gasteiger partial charge >= 0.3 is 5.97 Å². The van der Waals surface area contributed by atoms with Gasteiger partial charge in [0, 0.05) is 11.0 Å². The minimum Gasteiger partial charge on any atom is -0.487 e. The number of hydrogen-bond donors (Lipinski definition) is 0. The first-order chi connectivity index (χ1) is 20.7. The van der Waals surface area contributed by atoms with E-state index in [1.165, 1.54) is 5.56 Å². The molecule has 44 heavy (non-hydrogen) atoms. The Morgan fingerprint density at radius 3 is 1.75 bits per heavy atom. The average Bonchev–Trinajstić information content (AvgIpc) is 2.96. The fraction of sp³-hybridized carbons (Fsp3) is 0.500. The molecule has 0 saturated carbocycles. The van der Waals surface area contributed by atoms with Gasteiger partial charge in [-0.05, 0) is 106 Å². The van der Waals surface area contributed by atoms with Gasteiger partial charge in [-0.15, -0.1) is 0 Å². The Morgan fingerprint density at radius 2 is 1.23 bits per heavy atom. The van der Waals surface area contributed by atoms with Crippen LogP contribution >= 0.6 is 0 Å². The summed E-state index contributed by atoms with van der Waals surface area (Å²) in [5.41, 5.74) is 6.81. The van der Waals surface area contributed by atoms with E-state index < -0.39 is 11.4 Å². The lowest BCUT2D eigenvalue weighted by molar-refractivity contribution is 0.0722. The second-order valence-corrected chi connectivity index (χ2v) is 13.6. The number of Topliss-reactive ketones (excluding diaryl/α,β-unsaturated/α-hetero) is 1. The molecule has 0 heterocycles. The molecule has 0 aliphatic carbocycles. The van der Waals surface area contributed by atoms with Crippen LogP contribution in [0.2, 0.25) is 0 Å². The zero-order valence-corrected chi connectivity index (χ0v) is 28.9. The number of unbranched alkanes of at least 4 members (excludes halogenated alkanes) is 2. The van der Waals surface area contributed by atoms with E-state index in [9.17, 15) is 9.59 Å². The van der Waals surface area contributed by atoms with Crippen LogP contribution in [0.1, 0.15) is 141 Å². The first kappa shape index (κ1) is 35.1. The van der Waals surface area contributed by atoms with Gasteiger partial charge in [-0.1, -0.05) is 96.7 Å². The molecular formula is C40H54O4. The van der Waals surface area contributed by atoms with Gasteiger partial charge in [0.15, 0.2) is 5.78 Å². The highest BCUT2D eigenvalue weighted by atomic mass is 16.5. The van der Waals surface area contributed by atoms with E-state index in [2.05, 4.69) is 65.8 Å². The number of ether oxygens (including phenoxy) is 2. The fourth-order valence-corrected chi connectivity index (χ4v) is 6.18. The Bertz CT molecular complexity index is 1420. The highest BCUT2D eigenvalue weighted by Crippen LogP contribution is 2.34. The van der Waals surface area contributed by atoms with Crippen molar-refractivity contribution in [3.05, 3.63) is 93.0 Å². The largest absolute Gasteiger partial charge is 0.487 e. The van der Waals surface area contributed by atoms with E-state index >= 15 is 0 Å². The topological polar surface area (TPSA) is 52.6 Å². The maximum atomic E-state index is 13.3. The molecule has 0 radical (unpaired) electrons. The number of rotatable bonds is 15. The molecule has 3 rings (SSSR count). The molecule has 1 unspecified atom stereocenters. The molecule has 0 aromatic heterocycles. The van der Waals surface area contributed by atoms with Crippen molar-refractivity contribution in [1.82, 2.24) is 0 Å². The molecule has 0 aliphatic heterocycles. The van der Waals surface area contributed by atoms with Gasteiger partial charge in [-0.25, -0.2) is 4.79 Å². The Hall–Kier alpha value is -3.40. The number of benzene rings is 3. The summed E-state index contributed by atoms with van der Waals surface area (Å²) in [7, 11) is 0. The lowest BCUT2D eigenvalue weighted by Gasteiger charge is -2.31. The molecule has 238 valence electrons. The second-order valence-electron chi connectivity index (χ2n) is 13.6. The van der Waals surface area contributed by atoms with Gasteiger partial charge in [-0.2, -0.15) is 0 Å². The van der Waals surface area contributed by atoms with Crippen LogP contribution in [-0.2, 0) is 6.42 Å². The summed E-state index contributed by atoms with van der Waals surface area (Å²) in [5.74, 6) is 1.17. The smallest absolute Gasteiger partial charge is 0.343 e. The third-order valence-electron chi connectivity index (χ3n) is 8.90. The summed E-state index contributed by atoms with van der Waals surface area (Å²) in [6.45, 7) is 20.9. The predicted octanol–water partition coefficient (Wildman–Crippen LogP) is 10.9. The van der Waals surface area contributed by atoms with Crippen molar-refractivity contribution in [1.29, 1.82) is 0 Å². The summed E-state index contributed by atoms with van der Waals surface area (Å²) in [4.78, 5) is 26.5. The summed E-state index contributed by atoms with van der Waals surface area (Å²) in [6, 6.07) is 15.6. The molecule has 4 heteroatoms. The van der Waals surface area contributed by atoms with Crippen LogP contribution < -0.4 is 9.47 Å². The summed E-state index contributed by atoms with van der Waals surface area (Å²) in [5, 5.41) is 0. The molecule has 0 bridgehead atoms. The number of esters is 1. The standard InChI is InChI=1S/C40H54O4/c1-11-14-15-20-39(8,9)37(41)33-17-16-18-34(26-33)38(42)43-35-27(4)21-31(22-28(35)5)25-32-23-29(6)36(30(7)24-32)44-40(10,13-3)19-12-2/h16-18,21-24,26H,11-15,19-20,25H2,1-10H3. The molecule has 4 nitrogen and oxygen atoms in total. The molecule has 0 saturated heterocycles. The van der Waals surface area contributed by atoms with Crippen molar-refractivity contribution in [2.75, 3.05) is 0 Å². The van der Waals surface area contributed by atoms with Crippen molar-refractivity contribution < 1.29 is 19.1 Å². The molecular weight excluding hydrogens is 544 g/mol. The van der Waals surface area contributed by atoms with E-state index in [0.29, 0.717) is 16.9 Å². The van der Waals surface area contributed by atoms with Crippen LogP contribution in [-0.4, -0.2) is 17.4 Å². The Kier molecular flexibility index (Phi) is 12.0. The van der Waals surface area contributed by atoms with Crippen LogP contribution in [0.15, 0.2) is 48.5 Å². The minimum atomic E-state index is -0.476. The van der Waals surface area contributed by atoms with E-state index in [1.54, 1.807) is 24.3 Å². The number of carbonyl (C=O) groups excluding carboxylic acids is 2. The van der Waals surface area contributed by atoms with Crippen molar-refractivity contribution in [3.8, 4) is 11.5 Å². The molecule has 0 spiro atoms. The molecule has 0 aliphatic rings. The van der Waals surface area contributed by atoms with Crippen LogP contribution in [0.4, 0.5) is 0 Å². The van der Waals surface area contributed by atoms with Gasteiger partial charge < -0.3 is 9.47 Å². The number of hydrogen-bond acceptors (Lipinski definition) is 4. The van der Waals surface area contributed by atoms with Gasteiger partial charge in [0.1, 0.15) is 17.1 Å². The Morgan fingerprint density at radius 1 is 0.682 bits per heavy atom. The normalized spacial score (nSPS) is 13.0. The third kappa shape index (κ3) is 8.83. The summed E-state index contributed by atoms with van der Waals surface area (Å²) >= 11 is 0. The first-order valence-electron chi connectivity index (χ1n) is 16.5. The maximum absolute atomic E-state index is 13.3. The van der Waals surface area contributed by atoms with Crippen molar-refractivity contribution >= 4 is 11.8 Å². The van der Waals surface area contributed by atoms with Gasteiger partial charge in [0.05, 0.1) is 5.56 Å². The van der Waals surface area contributed by atoms with Crippen molar-refractivity contribution in [3.63, 3.8) is 0 Å².